The molecule has 0 unspecified atom stereocenters. The molecule has 0 aliphatic heterocycles. The van der Waals surface area contributed by atoms with Crippen molar-refractivity contribution in [1.82, 2.24) is 0 Å². The zero-order valence-corrected chi connectivity index (χ0v) is 27.6. The zero-order chi connectivity index (χ0) is 32.9. The summed E-state index contributed by atoms with van der Waals surface area (Å²) in [5, 5.41) is 12.1. The van der Waals surface area contributed by atoms with E-state index in [1.54, 1.807) is 0 Å². The van der Waals surface area contributed by atoms with Gasteiger partial charge in [0.05, 0.1) is 0 Å². The van der Waals surface area contributed by atoms with Gasteiger partial charge in [-0.2, -0.15) is 0 Å². The van der Waals surface area contributed by atoms with E-state index < -0.39 is 0 Å². The normalized spacial score (nSPS) is 11.5. The van der Waals surface area contributed by atoms with Gasteiger partial charge in [0, 0.05) is 16.2 Å². The van der Waals surface area contributed by atoms with Crippen LogP contribution in [0, 0.1) is 0 Å². The third kappa shape index (κ3) is 4.62. The van der Waals surface area contributed by atoms with E-state index in [-0.39, 0.29) is 0 Å². The predicted molar refractivity (Wildman–Crippen MR) is 211 cm³/mol. The van der Waals surface area contributed by atoms with E-state index in [4.69, 9.17) is 4.42 Å². The molecule has 10 rings (SSSR count). The molecule has 0 saturated heterocycles. The summed E-state index contributed by atoms with van der Waals surface area (Å²) in [6, 6.07) is 61.6. The Balaban J connectivity index is 0.00000160. The van der Waals surface area contributed by atoms with Gasteiger partial charge in [-0.3, -0.25) is 0 Å². The SMILES string of the molecule is CC.c1cc(-c2cccc3ccccc23)cc(-c2c3ccccc3c(-c3ccc4c(c3)oc3c5ccccc5ccc43)c3ccccc23)c1. The van der Waals surface area contributed by atoms with Crippen LogP contribution in [0.4, 0.5) is 0 Å². The average Bonchev–Trinajstić information content (AvgIpc) is 3.56. The molecule has 1 heteroatoms. The van der Waals surface area contributed by atoms with Crippen LogP contribution >= 0.6 is 0 Å². The fourth-order valence-electron chi connectivity index (χ4n) is 7.73. The van der Waals surface area contributed by atoms with Crippen LogP contribution in [0.1, 0.15) is 13.8 Å². The van der Waals surface area contributed by atoms with E-state index in [0.717, 1.165) is 32.9 Å². The van der Waals surface area contributed by atoms with Crippen molar-refractivity contribution in [3.8, 4) is 33.4 Å². The van der Waals surface area contributed by atoms with Crippen LogP contribution in [0.2, 0.25) is 0 Å². The Morgan fingerprint density at radius 3 is 1.49 bits per heavy atom. The van der Waals surface area contributed by atoms with E-state index in [1.165, 1.54) is 65.5 Å². The number of furan rings is 1. The summed E-state index contributed by atoms with van der Waals surface area (Å²) in [4.78, 5) is 0. The molecule has 0 spiro atoms. The van der Waals surface area contributed by atoms with Crippen LogP contribution in [0.3, 0.4) is 0 Å². The monoisotopic (exact) mass is 626 g/mol. The zero-order valence-electron chi connectivity index (χ0n) is 27.6. The second-order valence-electron chi connectivity index (χ2n) is 12.4. The molecule has 232 valence electrons. The molecule has 0 bridgehead atoms. The Hall–Kier alpha value is -6.18. The number of fused-ring (bicyclic) bond motifs is 8. The molecular weight excluding hydrogens is 593 g/mol. The molecule has 0 fully saturated rings. The fourth-order valence-corrected chi connectivity index (χ4v) is 7.73. The topological polar surface area (TPSA) is 13.1 Å². The van der Waals surface area contributed by atoms with Crippen LogP contribution in [0.5, 0.6) is 0 Å². The smallest absolute Gasteiger partial charge is 0.143 e. The third-order valence-corrected chi connectivity index (χ3v) is 9.84. The lowest BCUT2D eigenvalue weighted by Gasteiger charge is -2.18. The van der Waals surface area contributed by atoms with Gasteiger partial charge in [0.1, 0.15) is 11.2 Å². The highest BCUT2D eigenvalue weighted by atomic mass is 16.3. The van der Waals surface area contributed by atoms with E-state index in [0.29, 0.717) is 0 Å². The summed E-state index contributed by atoms with van der Waals surface area (Å²) in [7, 11) is 0. The van der Waals surface area contributed by atoms with Gasteiger partial charge < -0.3 is 4.42 Å². The van der Waals surface area contributed by atoms with Gasteiger partial charge in [0.25, 0.3) is 0 Å². The first-order chi connectivity index (χ1) is 24.3. The highest BCUT2D eigenvalue weighted by Gasteiger charge is 2.19. The van der Waals surface area contributed by atoms with E-state index in [1.807, 2.05) is 13.8 Å². The van der Waals surface area contributed by atoms with Crippen LogP contribution in [0.25, 0.3) is 98.4 Å². The molecule has 49 heavy (non-hydrogen) atoms. The molecule has 9 aromatic carbocycles. The van der Waals surface area contributed by atoms with Crippen LogP contribution in [-0.2, 0) is 0 Å². The second kappa shape index (κ2) is 11.8. The summed E-state index contributed by atoms with van der Waals surface area (Å²) in [6.07, 6.45) is 0. The first kappa shape index (κ1) is 29.0. The van der Waals surface area contributed by atoms with E-state index >= 15 is 0 Å². The van der Waals surface area contributed by atoms with Gasteiger partial charge in [0.2, 0.25) is 0 Å². The minimum absolute atomic E-state index is 0.911. The first-order valence-corrected chi connectivity index (χ1v) is 17.2. The Kier molecular flexibility index (Phi) is 6.99. The molecule has 1 nitrogen and oxygen atoms in total. The van der Waals surface area contributed by atoms with E-state index in [9.17, 15) is 0 Å². The summed E-state index contributed by atoms with van der Waals surface area (Å²) in [6.45, 7) is 4.00. The van der Waals surface area contributed by atoms with Crippen molar-refractivity contribution < 1.29 is 4.42 Å². The maximum atomic E-state index is 6.63. The standard InChI is InChI=1S/C46H28O.C2H6/c1-3-16-34-29(11-1)13-10-22-35(34)31-14-9-15-32(27-31)44-38-18-5-7-20-40(38)45(41-21-8-6-19-39(41)44)33-24-25-37-42-26-23-30-12-2-4-17-36(30)46(42)47-43(37)28-33;1-2/h1-28H;1-2H3. The van der Waals surface area contributed by atoms with Gasteiger partial charge in [0.15, 0.2) is 0 Å². The second-order valence-corrected chi connectivity index (χ2v) is 12.4. The molecule has 10 aromatic rings. The summed E-state index contributed by atoms with van der Waals surface area (Å²) in [5.41, 5.74) is 9.20. The first-order valence-electron chi connectivity index (χ1n) is 17.2. The molecule has 0 N–H and O–H groups in total. The molecule has 1 heterocycles. The fraction of sp³-hybridized carbons (Fsp3) is 0.0417. The molecular formula is C48H34O. The Bertz CT molecular complexity index is 2790. The van der Waals surface area contributed by atoms with Crippen molar-refractivity contribution in [3.05, 3.63) is 170 Å². The van der Waals surface area contributed by atoms with Crippen LogP contribution < -0.4 is 0 Å². The Morgan fingerprint density at radius 2 is 0.816 bits per heavy atom. The molecule has 0 atom stereocenters. The Morgan fingerprint density at radius 1 is 0.327 bits per heavy atom. The molecule has 0 radical (unpaired) electrons. The number of hydrogen-bond donors (Lipinski definition) is 0. The average molecular weight is 627 g/mol. The molecule has 0 saturated carbocycles. The maximum absolute atomic E-state index is 6.63. The van der Waals surface area contributed by atoms with Crippen molar-refractivity contribution in [2.75, 3.05) is 0 Å². The van der Waals surface area contributed by atoms with Gasteiger partial charge >= 0.3 is 0 Å². The summed E-state index contributed by atoms with van der Waals surface area (Å²) < 4.78 is 6.63. The van der Waals surface area contributed by atoms with Crippen LogP contribution in [-0.4, -0.2) is 0 Å². The van der Waals surface area contributed by atoms with Crippen LogP contribution in [0.15, 0.2) is 174 Å². The number of rotatable bonds is 3. The molecule has 0 amide bonds. The lowest BCUT2D eigenvalue weighted by atomic mass is 9.85. The lowest BCUT2D eigenvalue weighted by Crippen LogP contribution is -1.91. The maximum Gasteiger partial charge on any atom is 0.143 e. The minimum atomic E-state index is 0.911. The largest absolute Gasteiger partial charge is 0.455 e. The minimum Gasteiger partial charge on any atom is -0.455 e. The van der Waals surface area contributed by atoms with Crippen molar-refractivity contribution in [2.45, 2.75) is 13.8 Å². The predicted octanol–water partition coefficient (Wildman–Crippen LogP) is 14.2. The highest BCUT2D eigenvalue weighted by Crippen LogP contribution is 2.45. The molecule has 0 aliphatic rings. The van der Waals surface area contributed by atoms with Gasteiger partial charge in [-0.15, -0.1) is 0 Å². The summed E-state index contributed by atoms with van der Waals surface area (Å²) >= 11 is 0. The third-order valence-electron chi connectivity index (χ3n) is 9.84. The van der Waals surface area contributed by atoms with Gasteiger partial charge in [-0.05, 0) is 95.3 Å². The highest BCUT2D eigenvalue weighted by molar-refractivity contribution is 6.22. The van der Waals surface area contributed by atoms with Crippen molar-refractivity contribution in [3.63, 3.8) is 0 Å². The van der Waals surface area contributed by atoms with Gasteiger partial charge in [-0.25, -0.2) is 0 Å². The van der Waals surface area contributed by atoms with E-state index in [2.05, 4.69) is 170 Å². The van der Waals surface area contributed by atoms with Gasteiger partial charge in [-0.1, -0.05) is 159 Å². The Labute approximate surface area is 285 Å². The number of benzene rings is 9. The molecule has 1 aromatic heterocycles. The molecule has 0 aliphatic carbocycles. The quantitative estimate of drug-likeness (QED) is 0.178. The van der Waals surface area contributed by atoms with Crippen molar-refractivity contribution in [1.29, 1.82) is 0 Å². The number of hydrogen-bond acceptors (Lipinski definition) is 1. The summed E-state index contributed by atoms with van der Waals surface area (Å²) in [5.74, 6) is 0. The van der Waals surface area contributed by atoms with Crippen molar-refractivity contribution >= 4 is 65.0 Å². The van der Waals surface area contributed by atoms with Crippen molar-refractivity contribution in [2.24, 2.45) is 0 Å². The lowest BCUT2D eigenvalue weighted by molar-refractivity contribution is 0.673.